The van der Waals surface area contributed by atoms with Crippen molar-refractivity contribution in [3.63, 3.8) is 0 Å². The number of carbonyl (C=O) groups is 1. The molecule has 5 heteroatoms. The van der Waals surface area contributed by atoms with E-state index in [1.807, 2.05) is 7.05 Å². The molecule has 1 aliphatic rings. The fourth-order valence-corrected chi connectivity index (χ4v) is 2.16. The SMILES string of the molecule is CC(=O)C1CCN(Cc2ncnn2C)CC1. The van der Waals surface area contributed by atoms with Gasteiger partial charge in [-0.15, -0.1) is 0 Å². The van der Waals surface area contributed by atoms with Crippen LogP contribution < -0.4 is 0 Å². The van der Waals surface area contributed by atoms with Crippen LogP contribution in [0.15, 0.2) is 6.33 Å². The van der Waals surface area contributed by atoms with Gasteiger partial charge in [0.1, 0.15) is 17.9 Å². The van der Waals surface area contributed by atoms with Crippen molar-refractivity contribution in [1.29, 1.82) is 0 Å². The number of rotatable bonds is 3. The van der Waals surface area contributed by atoms with Crippen LogP contribution in [0.25, 0.3) is 0 Å². The molecule has 0 spiro atoms. The average molecular weight is 222 g/mol. The van der Waals surface area contributed by atoms with Crippen LogP contribution in [-0.4, -0.2) is 38.5 Å². The van der Waals surface area contributed by atoms with Crippen LogP contribution >= 0.6 is 0 Å². The zero-order valence-corrected chi connectivity index (χ0v) is 9.89. The molecule has 0 aliphatic carbocycles. The fourth-order valence-electron chi connectivity index (χ4n) is 2.16. The summed E-state index contributed by atoms with van der Waals surface area (Å²) in [4.78, 5) is 17.8. The quantitative estimate of drug-likeness (QED) is 0.752. The summed E-state index contributed by atoms with van der Waals surface area (Å²) >= 11 is 0. The monoisotopic (exact) mass is 222 g/mol. The van der Waals surface area contributed by atoms with Crippen LogP contribution in [0.2, 0.25) is 0 Å². The highest BCUT2D eigenvalue weighted by Crippen LogP contribution is 2.18. The smallest absolute Gasteiger partial charge is 0.140 e. The summed E-state index contributed by atoms with van der Waals surface area (Å²) < 4.78 is 1.80. The Morgan fingerprint density at radius 1 is 1.50 bits per heavy atom. The third kappa shape index (κ3) is 2.47. The molecule has 0 aromatic carbocycles. The molecule has 1 aromatic heterocycles. The van der Waals surface area contributed by atoms with Crippen LogP contribution in [-0.2, 0) is 18.4 Å². The molecule has 0 atom stereocenters. The van der Waals surface area contributed by atoms with Gasteiger partial charge < -0.3 is 0 Å². The van der Waals surface area contributed by atoms with Gasteiger partial charge in [0.2, 0.25) is 0 Å². The Morgan fingerprint density at radius 2 is 2.19 bits per heavy atom. The second kappa shape index (κ2) is 4.74. The van der Waals surface area contributed by atoms with Crippen molar-refractivity contribution < 1.29 is 4.79 Å². The molecule has 16 heavy (non-hydrogen) atoms. The number of Topliss-reactive ketones (excluding diaryl/α,β-unsaturated/α-hetero) is 1. The van der Waals surface area contributed by atoms with E-state index in [0.29, 0.717) is 5.78 Å². The lowest BCUT2D eigenvalue weighted by atomic mass is 9.93. The van der Waals surface area contributed by atoms with E-state index < -0.39 is 0 Å². The molecule has 1 aromatic rings. The number of likely N-dealkylation sites (tertiary alicyclic amines) is 1. The first-order valence-corrected chi connectivity index (χ1v) is 5.72. The summed E-state index contributed by atoms with van der Waals surface area (Å²) in [6.07, 6.45) is 3.54. The minimum Gasteiger partial charge on any atom is -0.300 e. The fraction of sp³-hybridized carbons (Fsp3) is 0.727. The summed E-state index contributed by atoms with van der Waals surface area (Å²) in [5.74, 6) is 1.59. The lowest BCUT2D eigenvalue weighted by molar-refractivity contribution is -0.122. The molecule has 0 N–H and O–H groups in total. The molecular formula is C11H18N4O. The van der Waals surface area contributed by atoms with Crippen molar-refractivity contribution in [1.82, 2.24) is 19.7 Å². The number of hydrogen-bond donors (Lipinski definition) is 0. The van der Waals surface area contributed by atoms with Gasteiger partial charge in [0.05, 0.1) is 6.54 Å². The predicted molar refractivity (Wildman–Crippen MR) is 59.7 cm³/mol. The van der Waals surface area contributed by atoms with Gasteiger partial charge in [-0.1, -0.05) is 0 Å². The van der Waals surface area contributed by atoms with E-state index in [0.717, 1.165) is 38.3 Å². The van der Waals surface area contributed by atoms with Crippen LogP contribution in [0.3, 0.4) is 0 Å². The number of nitrogens with zero attached hydrogens (tertiary/aromatic N) is 4. The number of hydrogen-bond acceptors (Lipinski definition) is 4. The van der Waals surface area contributed by atoms with Crippen molar-refractivity contribution >= 4 is 5.78 Å². The van der Waals surface area contributed by atoms with E-state index >= 15 is 0 Å². The summed E-state index contributed by atoms with van der Waals surface area (Å²) in [7, 11) is 1.91. The molecule has 1 fully saturated rings. The van der Waals surface area contributed by atoms with Crippen LogP contribution in [0.5, 0.6) is 0 Å². The zero-order valence-electron chi connectivity index (χ0n) is 9.89. The van der Waals surface area contributed by atoms with Crippen molar-refractivity contribution in [2.45, 2.75) is 26.3 Å². The Hall–Kier alpha value is -1.23. The summed E-state index contributed by atoms with van der Waals surface area (Å²) in [6, 6.07) is 0. The maximum atomic E-state index is 11.2. The number of carbonyl (C=O) groups excluding carboxylic acids is 1. The first-order valence-electron chi connectivity index (χ1n) is 5.72. The first kappa shape index (κ1) is 11.3. The van der Waals surface area contributed by atoms with Gasteiger partial charge in [-0.05, 0) is 32.9 Å². The number of piperidine rings is 1. The highest BCUT2D eigenvalue weighted by molar-refractivity contribution is 5.78. The van der Waals surface area contributed by atoms with Gasteiger partial charge in [-0.25, -0.2) is 4.98 Å². The largest absolute Gasteiger partial charge is 0.300 e. The van der Waals surface area contributed by atoms with Crippen LogP contribution in [0.4, 0.5) is 0 Å². The lowest BCUT2D eigenvalue weighted by Crippen LogP contribution is -2.35. The number of aromatic nitrogens is 3. The van der Waals surface area contributed by atoms with E-state index in [4.69, 9.17) is 0 Å². The Labute approximate surface area is 95.5 Å². The molecule has 0 bridgehead atoms. The van der Waals surface area contributed by atoms with E-state index in [1.165, 1.54) is 0 Å². The summed E-state index contributed by atoms with van der Waals surface area (Å²) in [5.41, 5.74) is 0. The van der Waals surface area contributed by atoms with Crippen LogP contribution in [0, 0.1) is 5.92 Å². The topological polar surface area (TPSA) is 51.0 Å². The normalized spacial score (nSPS) is 18.9. The number of aryl methyl sites for hydroxylation is 1. The van der Waals surface area contributed by atoms with E-state index in [9.17, 15) is 4.79 Å². The molecule has 2 heterocycles. The zero-order chi connectivity index (χ0) is 11.5. The lowest BCUT2D eigenvalue weighted by Gasteiger charge is -2.30. The highest BCUT2D eigenvalue weighted by Gasteiger charge is 2.22. The molecule has 0 saturated carbocycles. The van der Waals surface area contributed by atoms with Gasteiger partial charge in [-0.2, -0.15) is 5.10 Å². The highest BCUT2D eigenvalue weighted by atomic mass is 16.1. The Bertz CT molecular complexity index is 366. The average Bonchev–Trinajstić information content (AvgIpc) is 2.65. The van der Waals surface area contributed by atoms with E-state index in [-0.39, 0.29) is 5.92 Å². The maximum absolute atomic E-state index is 11.2. The molecule has 88 valence electrons. The molecule has 0 unspecified atom stereocenters. The molecule has 2 rings (SSSR count). The Balaban J connectivity index is 1.86. The van der Waals surface area contributed by atoms with Crippen molar-refractivity contribution in [3.05, 3.63) is 12.2 Å². The third-order valence-electron chi connectivity index (χ3n) is 3.33. The summed E-state index contributed by atoms with van der Waals surface area (Å²) in [6.45, 7) is 4.50. The molecular weight excluding hydrogens is 204 g/mol. The van der Waals surface area contributed by atoms with Crippen molar-refractivity contribution in [2.75, 3.05) is 13.1 Å². The maximum Gasteiger partial charge on any atom is 0.140 e. The van der Waals surface area contributed by atoms with Crippen molar-refractivity contribution in [2.24, 2.45) is 13.0 Å². The standard InChI is InChI=1S/C11H18N4O/c1-9(16)10-3-5-15(6-4-10)7-11-12-8-13-14(11)2/h8,10H,3-7H2,1-2H3. The van der Waals surface area contributed by atoms with Gasteiger partial charge in [-0.3, -0.25) is 14.4 Å². The van der Waals surface area contributed by atoms with Gasteiger partial charge in [0, 0.05) is 13.0 Å². The number of ketones is 1. The second-order valence-corrected chi connectivity index (χ2v) is 4.46. The molecule has 1 aliphatic heterocycles. The molecule has 5 nitrogen and oxygen atoms in total. The second-order valence-electron chi connectivity index (χ2n) is 4.46. The van der Waals surface area contributed by atoms with Crippen molar-refractivity contribution in [3.8, 4) is 0 Å². The van der Waals surface area contributed by atoms with Gasteiger partial charge in [0.25, 0.3) is 0 Å². The minimum absolute atomic E-state index is 0.274. The first-order chi connectivity index (χ1) is 7.66. The Morgan fingerprint density at radius 3 is 2.69 bits per heavy atom. The predicted octanol–water partition coefficient (Wildman–Crippen LogP) is 0.616. The van der Waals surface area contributed by atoms with Crippen LogP contribution in [0.1, 0.15) is 25.6 Å². The van der Waals surface area contributed by atoms with Gasteiger partial charge in [0.15, 0.2) is 0 Å². The minimum atomic E-state index is 0.274. The summed E-state index contributed by atoms with van der Waals surface area (Å²) in [5, 5.41) is 4.05. The van der Waals surface area contributed by atoms with E-state index in [2.05, 4.69) is 15.0 Å². The Kier molecular flexibility index (Phi) is 3.33. The third-order valence-corrected chi connectivity index (χ3v) is 3.33. The molecule has 0 amide bonds. The molecule has 0 radical (unpaired) electrons. The van der Waals surface area contributed by atoms with Gasteiger partial charge >= 0.3 is 0 Å². The van der Waals surface area contributed by atoms with E-state index in [1.54, 1.807) is 17.9 Å². The molecule has 1 saturated heterocycles.